The van der Waals surface area contributed by atoms with E-state index in [4.69, 9.17) is 4.55 Å². The van der Waals surface area contributed by atoms with Gasteiger partial charge in [-0.25, -0.2) is 0 Å². The number of carbonyl (C=O) groups is 1. The van der Waals surface area contributed by atoms with E-state index in [1.807, 2.05) is 0 Å². The average molecular weight is 246 g/mol. The second-order valence-corrected chi connectivity index (χ2v) is 4.00. The number of aliphatic carboxylic acids is 1. The molecule has 0 heterocycles. The van der Waals surface area contributed by atoms with Crippen LogP contribution in [0.3, 0.4) is 0 Å². The van der Waals surface area contributed by atoms with Crippen molar-refractivity contribution in [2.75, 3.05) is 0 Å². The molecule has 0 radical (unpaired) electrons. The molecule has 0 unspecified atom stereocenters. The minimum atomic E-state index is -4.41. The number of carboxylic acid groups (broad SMARTS) is 1. The van der Waals surface area contributed by atoms with Crippen molar-refractivity contribution >= 4 is 16.1 Å². The fourth-order valence-electron chi connectivity index (χ4n) is 0.851. The molecule has 0 aliphatic heterocycles. The van der Waals surface area contributed by atoms with Crippen LogP contribution >= 0.6 is 0 Å². The van der Waals surface area contributed by atoms with Crippen molar-refractivity contribution in [1.82, 2.24) is 0 Å². The van der Waals surface area contributed by atoms with E-state index in [-0.39, 0.29) is 57.8 Å². The standard InChI is InChI=1S/C7H12O5S.K/c1-3-4-6(13(10,11)12)5(2)7(8)9;/h3-4H2,1-2H3,(H,8,9)(H,10,11,12);/q;+1/p-1/b6-5+;. The third kappa shape index (κ3) is 5.59. The van der Waals surface area contributed by atoms with Gasteiger partial charge in [0, 0.05) is 0 Å². The quantitative estimate of drug-likeness (QED) is 0.318. The zero-order chi connectivity index (χ0) is 10.6. The first-order chi connectivity index (χ1) is 5.80. The number of rotatable bonds is 4. The second-order valence-electron chi connectivity index (χ2n) is 2.56. The van der Waals surface area contributed by atoms with Crippen LogP contribution in [0.5, 0.6) is 0 Å². The summed E-state index contributed by atoms with van der Waals surface area (Å²) in [6.07, 6.45) is 0.429. The second kappa shape index (κ2) is 7.10. The number of hydrogen-bond acceptors (Lipinski definition) is 4. The monoisotopic (exact) mass is 246 g/mol. The zero-order valence-corrected chi connectivity index (χ0v) is 12.3. The Kier molecular flexibility index (Phi) is 8.70. The predicted octanol–water partition coefficient (Wildman–Crippen LogP) is -3.30. The smallest absolute Gasteiger partial charge is 0.545 e. The van der Waals surface area contributed by atoms with Crippen LogP contribution < -0.4 is 56.5 Å². The van der Waals surface area contributed by atoms with Gasteiger partial charge >= 0.3 is 51.4 Å². The minimum absolute atomic E-state index is 0. The van der Waals surface area contributed by atoms with Gasteiger partial charge in [-0.3, -0.25) is 4.55 Å². The zero-order valence-electron chi connectivity index (χ0n) is 8.40. The Labute approximate surface area is 126 Å². The van der Waals surface area contributed by atoms with E-state index in [0.29, 0.717) is 6.42 Å². The molecule has 0 atom stereocenters. The average Bonchev–Trinajstić information content (AvgIpc) is 1.96. The molecule has 14 heavy (non-hydrogen) atoms. The van der Waals surface area contributed by atoms with Gasteiger partial charge in [-0.15, -0.1) is 0 Å². The van der Waals surface area contributed by atoms with Gasteiger partial charge in [-0.2, -0.15) is 8.42 Å². The summed E-state index contributed by atoms with van der Waals surface area (Å²) in [7, 11) is -4.41. The van der Waals surface area contributed by atoms with Crippen LogP contribution in [0.4, 0.5) is 0 Å². The van der Waals surface area contributed by atoms with Crippen LogP contribution in [0.1, 0.15) is 26.7 Å². The summed E-state index contributed by atoms with van der Waals surface area (Å²) in [4.78, 5) is 9.84. The van der Waals surface area contributed by atoms with Gasteiger partial charge < -0.3 is 9.90 Å². The first kappa shape index (κ1) is 17.2. The number of hydrogen-bond donors (Lipinski definition) is 1. The topological polar surface area (TPSA) is 94.5 Å². The van der Waals surface area contributed by atoms with Crippen molar-refractivity contribution in [1.29, 1.82) is 0 Å². The summed E-state index contributed by atoms with van der Waals surface area (Å²) >= 11 is 0. The molecular formula is C7H11KO5S. The van der Waals surface area contributed by atoms with Crippen LogP contribution in [0.2, 0.25) is 0 Å². The maximum atomic E-state index is 10.7. The van der Waals surface area contributed by atoms with Crippen molar-refractivity contribution in [3.63, 3.8) is 0 Å². The molecule has 0 saturated heterocycles. The molecule has 0 aromatic rings. The number of carbonyl (C=O) groups excluding carboxylic acids is 1. The molecule has 0 aromatic carbocycles. The van der Waals surface area contributed by atoms with Crippen molar-refractivity contribution in [3.05, 3.63) is 10.5 Å². The molecule has 76 valence electrons. The van der Waals surface area contributed by atoms with E-state index >= 15 is 0 Å². The summed E-state index contributed by atoms with van der Waals surface area (Å²) in [6.45, 7) is 2.77. The predicted molar refractivity (Wildman–Crippen MR) is 44.2 cm³/mol. The third-order valence-electron chi connectivity index (χ3n) is 1.51. The van der Waals surface area contributed by atoms with Crippen LogP contribution in [0, 0.1) is 0 Å². The maximum Gasteiger partial charge on any atom is 1.00 e. The Morgan fingerprint density at radius 3 is 2.07 bits per heavy atom. The van der Waals surface area contributed by atoms with Gasteiger partial charge in [0.15, 0.2) is 0 Å². The molecule has 0 amide bonds. The van der Waals surface area contributed by atoms with Gasteiger partial charge in [-0.1, -0.05) is 13.3 Å². The molecule has 1 N–H and O–H groups in total. The van der Waals surface area contributed by atoms with E-state index in [2.05, 4.69) is 0 Å². The van der Waals surface area contributed by atoms with Crippen molar-refractivity contribution < 1.29 is 74.3 Å². The van der Waals surface area contributed by atoms with Gasteiger partial charge in [0.05, 0.1) is 10.9 Å². The normalized spacial score (nSPS) is 12.8. The van der Waals surface area contributed by atoms with E-state index in [9.17, 15) is 18.3 Å². The first-order valence-electron chi connectivity index (χ1n) is 3.69. The van der Waals surface area contributed by atoms with Crippen molar-refractivity contribution in [2.24, 2.45) is 0 Å². The SMILES string of the molecule is CCC/C(=C(/C)C(=O)[O-])S(=O)(=O)O.[K+]. The molecular weight excluding hydrogens is 235 g/mol. The van der Waals surface area contributed by atoms with Gasteiger partial charge in [0.25, 0.3) is 10.1 Å². The Bertz CT molecular complexity index is 330. The molecule has 0 fully saturated rings. The summed E-state index contributed by atoms with van der Waals surface area (Å²) in [5, 5.41) is 10.3. The summed E-state index contributed by atoms with van der Waals surface area (Å²) in [6, 6.07) is 0. The molecule has 0 aromatic heterocycles. The Hall–Kier alpha value is 0.756. The summed E-state index contributed by atoms with van der Waals surface area (Å²) in [5.74, 6) is -1.58. The largest absolute Gasteiger partial charge is 1.00 e. The van der Waals surface area contributed by atoms with Crippen LogP contribution in [-0.2, 0) is 14.9 Å². The molecule has 0 bridgehead atoms. The summed E-state index contributed by atoms with van der Waals surface area (Å²) in [5.41, 5.74) is -0.440. The fourth-order valence-corrected chi connectivity index (χ4v) is 1.78. The number of allylic oxidation sites excluding steroid dienone is 1. The van der Waals surface area contributed by atoms with Crippen LogP contribution in [0.25, 0.3) is 0 Å². The fraction of sp³-hybridized carbons (Fsp3) is 0.571. The molecule has 0 rings (SSSR count). The molecule has 0 spiro atoms. The van der Waals surface area contributed by atoms with Gasteiger partial charge in [0.2, 0.25) is 0 Å². The molecule has 7 heteroatoms. The Morgan fingerprint density at radius 1 is 1.43 bits per heavy atom. The van der Waals surface area contributed by atoms with E-state index in [0.717, 1.165) is 6.92 Å². The molecule has 0 aliphatic carbocycles. The Morgan fingerprint density at radius 2 is 1.86 bits per heavy atom. The minimum Gasteiger partial charge on any atom is -0.545 e. The Balaban J connectivity index is 0. The van der Waals surface area contributed by atoms with E-state index < -0.39 is 26.6 Å². The van der Waals surface area contributed by atoms with Gasteiger partial charge in [-0.05, 0) is 18.9 Å². The summed E-state index contributed by atoms with van der Waals surface area (Å²) < 4.78 is 30.0. The third-order valence-corrected chi connectivity index (χ3v) is 2.65. The van der Waals surface area contributed by atoms with Crippen LogP contribution in [-0.4, -0.2) is 18.9 Å². The maximum absolute atomic E-state index is 10.7. The molecule has 0 saturated carbocycles. The van der Waals surface area contributed by atoms with Crippen molar-refractivity contribution in [2.45, 2.75) is 26.7 Å². The van der Waals surface area contributed by atoms with E-state index in [1.54, 1.807) is 6.92 Å². The first-order valence-corrected chi connectivity index (χ1v) is 5.13. The molecule has 5 nitrogen and oxygen atoms in total. The number of carboxylic acids is 1. The van der Waals surface area contributed by atoms with Gasteiger partial charge in [0.1, 0.15) is 0 Å². The van der Waals surface area contributed by atoms with Crippen molar-refractivity contribution in [3.8, 4) is 0 Å². The molecule has 0 aliphatic rings. The van der Waals surface area contributed by atoms with E-state index in [1.165, 1.54) is 0 Å². The van der Waals surface area contributed by atoms with Crippen LogP contribution in [0.15, 0.2) is 10.5 Å².